The molecule has 0 atom stereocenters. The molecule has 0 amide bonds. The third kappa shape index (κ3) is 2.27. The summed E-state index contributed by atoms with van der Waals surface area (Å²) in [6, 6.07) is 1.83. The number of nitrogens with zero attached hydrogens (tertiary/aromatic N) is 3. The lowest BCUT2D eigenvalue weighted by Gasteiger charge is -2.04. The van der Waals surface area contributed by atoms with E-state index in [-0.39, 0.29) is 0 Å². The van der Waals surface area contributed by atoms with Crippen molar-refractivity contribution >= 4 is 23.0 Å². The molecule has 2 heterocycles. The van der Waals surface area contributed by atoms with Crippen molar-refractivity contribution in [1.82, 2.24) is 14.8 Å². The molecule has 78 valence electrons. The Morgan fingerprint density at radius 3 is 3.00 bits per heavy atom. The molecule has 0 bridgehead atoms. The Morgan fingerprint density at radius 1 is 1.47 bits per heavy atom. The largest absolute Gasteiger partial charge is 0.352 e. The van der Waals surface area contributed by atoms with E-state index in [9.17, 15) is 0 Å². The first kappa shape index (κ1) is 9.98. The number of halogens is 1. The molecule has 15 heavy (non-hydrogen) atoms. The molecule has 0 aliphatic heterocycles. The number of hydrogen-bond donors (Lipinski definition) is 1. The van der Waals surface area contributed by atoms with Crippen LogP contribution in [0.2, 0.25) is 5.02 Å². The van der Waals surface area contributed by atoms with Crippen LogP contribution >= 0.6 is 11.6 Å². The van der Waals surface area contributed by atoms with Crippen molar-refractivity contribution in [2.75, 3.05) is 5.32 Å². The standard InChI is InChI=1S/C10H11ClN4/c1-2-15-7-8(5-13-15)14-10-3-4-12-6-9(10)11/h3-7H,2H2,1H3,(H,12,14). The Balaban J connectivity index is 2.18. The van der Waals surface area contributed by atoms with Gasteiger partial charge in [0.2, 0.25) is 0 Å². The van der Waals surface area contributed by atoms with Crippen LogP contribution in [0.4, 0.5) is 11.4 Å². The molecule has 0 saturated carbocycles. The average Bonchev–Trinajstić information content (AvgIpc) is 2.69. The SMILES string of the molecule is CCn1cc(Nc2ccncc2Cl)cn1. The van der Waals surface area contributed by atoms with E-state index in [1.165, 1.54) is 0 Å². The number of aromatic nitrogens is 3. The van der Waals surface area contributed by atoms with Gasteiger partial charge in [0, 0.05) is 25.1 Å². The van der Waals surface area contributed by atoms with Crippen LogP contribution in [-0.2, 0) is 6.54 Å². The number of hydrogen-bond acceptors (Lipinski definition) is 3. The minimum atomic E-state index is 0.599. The monoisotopic (exact) mass is 222 g/mol. The van der Waals surface area contributed by atoms with E-state index in [0.29, 0.717) is 5.02 Å². The molecule has 0 aliphatic rings. The second kappa shape index (κ2) is 4.31. The zero-order valence-corrected chi connectivity index (χ0v) is 9.07. The second-order valence-corrected chi connectivity index (χ2v) is 3.47. The molecule has 2 rings (SSSR count). The van der Waals surface area contributed by atoms with Crippen LogP contribution in [0.5, 0.6) is 0 Å². The van der Waals surface area contributed by atoms with Crippen LogP contribution in [0.3, 0.4) is 0 Å². The average molecular weight is 223 g/mol. The fourth-order valence-electron chi connectivity index (χ4n) is 1.23. The third-order valence-corrected chi connectivity index (χ3v) is 2.31. The van der Waals surface area contributed by atoms with E-state index in [1.54, 1.807) is 18.6 Å². The van der Waals surface area contributed by atoms with Gasteiger partial charge in [-0.05, 0) is 13.0 Å². The minimum absolute atomic E-state index is 0.599. The number of pyridine rings is 1. The lowest BCUT2D eigenvalue weighted by Crippen LogP contribution is -1.93. The van der Waals surface area contributed by atoms with E-state index in [2.05, 4.69) is 15.4 Å². The van der Waals surface area contributed by atoms with Crippen molar-refractivity contribution in [3.05, 3.63) is 35.9 Å². The lowest BCUT2D eigenvalue weighted by atomic mass is 10.4. The van der Waals surface area contributed by atoms with Crippen molar-refractivity contribution in [3.8, 4) is 0 Å². The smallest absolute Gasteiger partial charge is 0.0824 e. The van der Waals surface area contributed by atoms with Gasteiger partial charge in [-0.2, -0.15) is 5.10 Å². The van der Waals surface area contributed by atoms with Crippen LogP contribution in [0.15, 0.2) is 30.9 Å². The quantitative estimate of drug-likeness (QED) is 0.868. The predicted molar refractivity (Wildman–Crippen MR) is 60.4 cm³/mol. The van der Waals surface area contributed by atoms with Gasteiger partial charge < -0.3 is 5.32 Å². The minimum Gasteiger partial charge on any atom is -0.352 e. The van der Waals surface area contributed by atoms with Crippen molar-refractivity contribution in [2.45, 2.75) is 13.5 Å². The summed E-state index contributed by atoms with van der Waals surface area (Å²) in [6.07, 6.45) is 6.99. The van der Waals surface area contributed by atoms with Gasteiger partial charge >= 0.3 is 0 Å². The molecule has 1 N–H and O–H groups in total. The molecule has 0 aromatic carbocycles. The van der Waals surface area contributed by atoms with Crippen LogP contribution < -0.4 is 5.32 Å². The molecule has 0 fully saturated rings. The topological polar surface area (TPSA) is 42.7 Å². The summed E-state index contributed by atoms with van der Waals surface area (Å²) >= 11 is 5.96. The first-order valence-corrected chi connectivity index (χ1v) is 5.06. The van der Waals surface area contributed by atoms with E-state index in [0.717, 1.165) is 17.9 Å². The maximum absolute atomic E-state index is 5.96. The summed E-state index contributed by atoms with van der Waals surface area (Å²) in [6.45, 7) is 2.89. The summed E-state index contributed by atoms with van der Waals surface area (Å²) in [5, 5.41) is 7.93. The molecule has 0 spiro atoms. The summed E-state index contributed by atoms with van der Waals surface area (Å²) in [4.78, 5) is 3.92. The molecular weight excluding hydrogens is 212 g/mol. The fraction of sp³-hybridized carbons (Fsp3) is 0.200. The first-order valence-electron chi connectivity index (χ1n) is 4.68. The van der Waals surface area contributed by atoms with Gasteiger partial charge in [0.15, 0.2) is 0 Å². The van der Waals surface area contributed by atoms with Crippen molar-refractivity contribution in [3.63, 3.8) is 0 Å². The normalized spacial score (nSPS) is 10.3. The molecule has 2 aromatic rings. The maximum Gasteiger partial charge on any atom is 0.0824 e. The number of aryl methyl sites for hydroxylation is 1. The first-order chi connectivity index (χ1) is 7.29. The van der Waals surface area contributed by atoms with Crippen molar-refractivity contribution in [2.24, 2.45) is 0 Å². The van der Waals surface area contributed by atoms with Gasteiger partial charge in [0.25, 0.3) is 0 Å². The highest BCUT2D eigenvalue weighted by atomic mass is 35.5. The van der Waals surface area contributed by atoms with Crippen molar-refractivity contribution < 1.29 is 0 Å². The molecule has 0 unspecified atom stereocenters. The highest BCUT2D eigenvalue weighted by molar-refractivity contribution is 6.33. The summed E-state index contributed by atoms with van der Waals surface area (Å²) in [5.41, 5.74) is 1.76. The summed E-state index contributed by atoms with van der Waals surface area (Å²) < 4.78 is 1.84. The predicted octanol–water partition coefficient (Wildman–Crippen LogP) is 2.70. The van der Waals surface area contributed by atoms with Crippen LogP contribution in [-0.4, -0.2) is 14.8 Å². The van der Waals surface area contributed by atoms with Gasteiger partial charge in [-0.3, -0.25) is 9.67 Å². The molecule has 4 nitrogen and oxygen atoms in total. The van der Waals surface area contributed by atoms with E-state index >= 15 is 0 Å². The Labute approximate surface area is 92.9 Å². The molecule has 5 heteroatoms. The van der Waals surface area contributed by atoms with E-state index < -0.39 is 0 Å². The van der Waals surface area contributed by atoms with Gasteiger partial charge in [-0.1, -0.05) is 11.6 Å². The molecular formula is C10H11ClN4. The zero-order valence-electron chi connectivity index (χ0n) is 8.31. The lowest BCUT2D eigenvalue weighted by molar-refractivity contribution is 0.660. The molecule has 0 aliphatic carbocycles. The molecule has 0 radical (unpaired) electrons. The maximum atomic E-state index is 5.96. The molecule has 2 aromatic heterocycles. The van der Waals surface area contributed by atoms with Gasteiger partial charge in [-0.15, -0.1) is 0 Å². The van der Waals surface area contributed by atoms with Gasteiger partial charge in [0.05, 0.1) is 22.6 Å². The van der Waals surface area contributed by atoms with Gasteiger partial charge in [-0.25, -0.2) is 0 Å². The number of anilines is 2. The Morgan fingerprint density at radius 2 is 2.33 bits per heavy atom. The van der Waals surface area contributed by atoms with Crippen LogP contribution in [0.1, 0.15) is 6.92 Å². The zero-order chi connectivity index (χ0) is 10.7. The van der Waals surface area contributed by atoms with Gasteiger partial charge in [0.1, 0.15) is 0 Å². The highest BCUT2D eigenvalue weighted by Gasteiger charge is 2.01. The molecule has 0 saturated heterocycles. The highest BCUT2D eigenvalue weighted by Crippen LogP contribution is 2.23. The summed E-state index contributed by atoms with van der Waals surface area (Å²) in [7, 11) is 0. The fourth-order valence-corrected chi connectivity index (χ4v) is 1.40. The Hall–Kier alpha value is -1.55. The Bertz CT molecular complexity index is 452. The van der Waals surface area contributed by atoms with E-state index in [4.69, 9.17) is 11.6 Å². The number of rotatable bonds is 3. The number of nitrogens with one attached hydrogen (secondary N) is 1. The summed E-state index contributed by atoms with van der Waals surface area (Å²) in [5.74, 6) is 0. The Kier molecular flexibility index (Phi) is 2.87. The van der Waals surface area contributed by atoms with Crippen molar-refractivity contribution in [1.29, 1.82) is 0 Å². The van der Waals surface area contributed by atoms with Crippen LogP contribution in [0, 0.1) is 0 Å². The third-order valence-electron chi connectivity index (χ3n) is 2.01. The van der Waals surface area contributed by atoms with Crippen LogP contribution in [0.25, 0.3) is 0 Å². The van der Waals surface area contributed by atoms with E-state index in [1.807, 2.05) is 23.9 Å². The second-order valence-electron chi connectivity index (χ2n) is 3.07.